The van der Waals surface area contributed by atoms with Crippen molar-refractivity contribution >= 4 is 34.3 Å². The number of aromatic nitrogens is 1. The normalized spacial score (nSPS) is 19.4. The van der Waals surface area contributed by atoms with Gasteiger partial charge in [-0.1, -0.05) is 23.9 Å². The first kappa shape index (κ1) is 19.2. The van der Waals surface area contributed by atoms with Crippen molar-refractivity contribution in [3.05, 3.63) is 33.7 Å². The predicted molar refractivity (Wildman–Crippen MR) is 103 cm³/mol. The van der Waals surface area contributed by atoms with Crippen molar-refractivity contribution in [1.29, 1.82) is 0 Å². The number of hydrogen-bond donors (Lipinski definition) is 3. The number of amides is 2. The molecule has 1 aliphatic rings. The number of carbonyl (C=O) groups is 2. The Kier molecular flexibility index (Phi) is 5.43. The first-order valence-corrected chi connectivity index (χ1v) is 9.24. The Morgan fingerprint density at radius 2 is 2.15 bits per heavy atom. The molecular weight excluding hydrogens is 369 g/mol. The fourth-order valence-electron chi connectivity index (χ4n) is 3.96. The number of H-pyrrole nitrogens is 1. The van der Waals surface area contributed by atoms with Crippen LogP contribution in [0, 0.1) is 24.6 Å². The van der Waals surface area contributed by atoms with Gasteiger partial charge in [-0.05, 0) is 51.0 Å². The highest BCUT2D eigenvalue weighted by molar-refractivity contribution is 6.37. The molecular formula is C20H21ClFN3O2. The monoisotopic (exact) mass is 389 g/mol. The summed E-state index contributed by atoms with van der Waals surface area (Å²) in [7, 11) is 0. The van der Waals surface area contributed by atoms with Crippen molar-refractivity contribution in [2.24, 2.45) is 5.73 Å². The van der Waals surface area contributed by atoms with Gasteiger partial charge in [-0.3, -0.25) is 9.59 Å². The van der Waals surface area contributed by atoms with Crippen LogP contribution in [0.2, 0.25) is 5.02 Å². The van der Waals surface area contributed by atoms with Crippen molar-refractivity contribution in [2.45, 2.75) is 51.5 Å². The standard InChI is InChI=1S/C20H21ClFN3O2/c1-3-5-15(26)25-12-7-4-6-11(8-12)16-14(22)9-13(20(23)27)19-17(16)18(21)10(2)24-19/h9,11-12,24H,4,6-8H2,1-2H3,(H2,23,27)(H,25,26)/t11-,12?/m1/s1. The van der Waals surface area contributed by atoms with Crippen molar-refractivity contribution < 1.29 is 14.0 Å². The van der Waals surface area contributed by atoms with E-state index in [0.29, 0.717) is 33.6 Å². The van der Waals surface area contributed by atoms with Gasteiger partial charge >= 0.3 is 0 Å². The van der Waals surface area contributed by atoms with Crippen molar-refractivity contribution in [1.82, 2.24) is 10.3 Å². The Hall–Kier alpha value is -2.52. The minimum absolute atomic E-state index is 0.0822. The number of carbonyl (C=O) groups excluding carboxylic acids is 2. The largest absolute Gasteiger partial charge is 0.366 e. The van der Waals surface area contributed by atoms with Crippen LogP contribution in [0.5, 0.6) is 0 Å². The highest BCUT2D eigenvalue weighted by atomic mass is 35.5. The number of hydrogen-bond acceptors (Lipinski definition) is 2. The van der Waals surface area contributed by atoms with Crippen molar-refractivity contribution in [3.8, 4) is 11.8 Å². The summed E-state index contributed by atoms with van der Waals surface area (Å²) < 4.78 is 15.0. The van der Waals surface area contributed by atoms with Gasteiger partial charge in [-0.2, -0.15) is 0 Å². The Morgan fingerprint density at radius 1 is 1.41 bits per heavy atom. The molecule has 1 saturated carbocycles. The molecule has 1 aromatic carbocycles. The van der Waals surface area contributed by atoms with Gasteiger partial charge in [-0.25, -0.2) is 4.39 Å². The summed E-state index contributed by atoms with van der Waals surface area (Å²) >= 11 is 6.44. The van der Waals surface area contributed by atoms with Crippen LogP contribution in [0.25, 0.3) is 10.9 Å². The number of aromatic amines is 1. The van der Waals surface area contributed by atoms with E-state index in [2.05, 4.69) is 22.1 Å². The van der Waals surface area contributed by atoms with E-state index in [4.69, 9.17) is 17.3 Å². The lowest BCUT2D eigenvalue weighted by Gasteiger charge is -2.30. The second-order valence-electron chi connectivity index (χ2n) is 6.91. The first-order chi connectivity index (χ1) is 12.8. The molecule has 0 bridgehead atoms. The summed E-state index contributed by atoms with van der Waals surface area (Å²) in [6.07, 6.45) is 3.01. The van der Waals surface area contributed by atoms with E-state index in [9.17, 15) is 9.59 Å². The van der Waals surface area contributed by atoms with Crippen molar-refractivity contribution in [3.63, 3.8) is 0 Å². The quantitative estimate of drug-likeness (QED) is 0.701. The van der Waals surface area contributed by atoms with E-state index < -0.39 is 11.7 Å². The number of nitrogens with two attached hydrogens (primary N) is 1. The average molecular weight is 390 g/mol. The fourth-order valence-corrected chi connectivity index (χ4v) is 4.21. The molecule has 1 heterocycles. The van der Waals surface area contributed by atoms with E-state index in [1.165, 1.54) is 6.07 Å². The molecule has 142 valence electrons. The van der Waals surface area contributed by atoms with Crippen LogP contribution in [0.15, 0.2) is 6.07 Å². The number of benzene rings is 1. The number of nitrogens with one attached hydrogen (secondary N) is 2. The van der Waals surface area contributed by atoms with Crippen LogP contribution in [-0.4, -0.2) is 22.8 Å². The number of halogens is 2. The van der Waals surface area contributed by atoms with Crippen LogP contribution in [0.1, 0.15) is 60.1 Å². The maximum absolute atomic E-state index is 15.0. The smallest absolute Gasteiger partial charge is 0.296 e. The van der Waals surface area contributed by atoms with E-state index in [1.807, 2.05) is 0 Å². The zero-order chi connectivity index (χ0) is 19.7. The van der Waals surface area contributed by atoms with Gasteiger partial charge in [0.15, 0.2) is 0 Å². The summed E-state index contributed by atoms with van der Waals surface area (Å²) in [6, 6.07) is 1.10. The molecule has 2 aromatic rings. The Morgan fingerprint density at radius 3 is 2.81 bits per heavy atom. The molecule has 3 rings (SSSR count). The molecule has 4 N–H and O–H groups in total. The van der Waals surface area contributed by atoms with Crippen LogP contribution in [-0.2, 0) is 4.79 Å². The summed E-state index contributed by atoms with van der Waals surface area (Å²) in [5.74, 6) is 3.38. The second kappa shape index (κ2) is 7.61. The molecule has 1 unspecified atom stereocenters. The molecule has 1 aliphatic carbocycles. The molecule has 2 atom stereocenters. The molecule has 1 fully saturated rings. The third-order valence-electron chi connectivity index (χ3n) is 5.10. The van der Waals surface area contributed by atoms with Crippen LogP contribution in [0.4, 0.5) is 4.39 Å². The third-order valence-corrected chi connectivity index (χ3v) is 5.57. The van der Waals surface area contributed by atoms with Crippen LogP contribution >= 0.6 is 11.6 Å². The topological polar surface area (TPSA) is 88.0 Å². The summed E-state index contributed by atoms with van der Waals surface area (Å²) in [6.45, 7) is 3.37. The highest BCUT2D eigenvalue weighted by Gasteiger charge is 2.30. The van der Waals surface area contributed by atoms with Gasteiger partial charge in [0.25, 0.3) is 11.8 Å². The lowest BCUT2D eigenvalue weighted by atomic mass is 9.79. The summed E-state index contributed by atoms with van der Waals surface area (Å²) in [5, 5.41) is 3.79. The highest BCUT2D eigenvalue weighted by Crippen LogP contribution is 2.42. The average Bonchev–Trinajstić information content (AvgIpc) is 2.90. The van der Waals surface area contributed by atoms with Gasteiger partial charge in [0, 0.05) is 22.7 Å². The number of rotatable bonds is 3. The molecule has 27 heavy (non-hydrogen) atoms. The van der Waals surface area contributed by atoms with Crippen molar-refractivity contribution in [2.75, 3.05) is 0 Å². The van der Waals surface area contributed by atoms with E-state index in [0.717, 1.165) is 19.3 Å². The van der Waals surface area contributed by atoms with E-state index in [-0.39, 0.29) is 23.4 Å². The SMILES string of the molecule is CC#CC(=O)NC1CCC[C@@H](c2c(F)cc(C(N)=O)c3[nH]c(C)c(Cl)c23)C1. The lowest BCUT2D eigenvalue weighted by Crippen LogP contribution is -2.37. The Bertz CT molecular complexity index is 987. The Labute approximate surface area is 161 Å². The minimum atomic E-state index is -0.713. The molecule has 0 saturated heterocycles. The van der Waals surface area contributed by atoms with Crippen LogP contribution < -0.4 is 11.1 Å². The number of primary amides is 1. The molecule has 5 nitrogen and oxygen atoms in total. The van der Waals surface area contributed by atoms with Crippen LogP contribution in [0.3, 0.4) is 0 Å². The molecule has 1 aromatic heterocycles. The Balaban J connectivity index is 2.04. The lowest BCUT2D eigenvalue weighted by molar-refractivity contribution is -0.116. The first-order valence-electron chi connectivity index (χ1n) is 8.86. The maximum Gasteiger partial charge on any atom is 0.296 e. The van der Waals surface area contributed by atoms with E-state index >= 15 is 4.39 Å². The second-order valence-corrected chi connectivity index (χ2v) is 7.28. The van der Waals surface area contributed by atoms with Gasteiger partial charge in [0.1, 0.15) is 5.82 Å². The number of aryl methyl sites for hydroxylation is 1. The molecule has 0 spiro atoms. The molecule has 0 radical (unpaired) electrons. The fraction of sp³-hybridized carbons (Fsp3) is 0.400. The molecule has 0 aliphatic heterocycles. The van der Waals surface area contributed by atoms with Gasteiger partial charge < -0.3 is 16.0 Å². The molecule has 2 amide bonds. The van der Waals surface area contributed by atoms with Gasteiger partial charge in [-0.15, -0.1) is 0 Å². The summed E-state index contributed by atoms with van der Waals surface area (Å²) in [4.78, 5) is 26.6. The maximum atomic E-state index is 15.0. The zero-order valence-corrected chi connectivity index (χ0v) is 16.0. The molecule has 7 heteroatoms. The van der Waals surface area contributed by atoms with Gasteiger partial charge in [0.05, 0.1) is 16.1 Å². The third kappa shape index (κ3) is 3.65. The zero-order valence-electron chi connectivity index (χ0n) is 15.2. The van der Waals surface area contributed by atoms with E-state index in [1.54, 1.807) is 13.8 Å². The minimum Gasteiger partial charge on any atom is -0.366 e. The van der Waals surface area contributed by atoms with Gasteiger partial charge in [0.2, 0.25) is 0 Å². The summed E-state index contributed by atoms with van der Waals surface area (Å²) in [5.41, 5.74) is 7.09. The predicted octanol–water partition coefficient (Wildman–Crippen LogP) is 3.53. The number of fused-ring (bicyclic) bond motifs is 1.